The lowest BCUT2D eigenvalue weighted by Gasteiger charge is -2.16. The van der Waals surface area contributed by atoms with Gasteiger partial charge in [-0.3, -0.25) is 9.89 Å². The standard InChI is InChI=1S/C15H15N5O/c1-20(2)12-7-4-8-16-14(12)15(21)18-11-6-3-5-10-9-17-19-13(10)11/h3-9H,1-2H3,(H,17,19)(H,18,21). The molecule has 2 aromatic heterocycles. The number of amides is 1. The molecule has 3 rings (SSSR count). The summed E-state index contributed by atoms with van der Waals surface area (Å²) in [5.74, 6) is -0.249. The Kier molecular flexibility index (Phi) is 3.27. The van der Waals surface area contributed by atoms with Crippen molar-refractivity contribution in [3.8, 4) is 0 Å². The predicted octanol–water partition coefficient (Wildman–Crippen LogP) is 2.28. The fraction of sp³-hybridized carbons (Fsp3) is 0.133. The zero-order valence-corrected chi connectivity index (χ0v) is 11.8. The topological polar surface area (TPSA) is 73.9 Å². The Morgan fingerprint density at radius 1 is 1.24 bits per heavy atom. The van der Waals surface area contributed by atoms with E-state index in [1.54, 1.807) is 12.4 Å². The van der Waals surface area contributed by atoms with Crippen LogP contribution in [0.25, 0.3) is 10.9 Å². The van der Waals surface area contributed by atoms with Crippen molar-refractivity contribution in [1.82, 2.24) is 15.2 Å². The highest BCUT2D eigenvalue weighted by Crippen LogP contribution is 2.22. The number of para-hydroxylation sites is 1. The number of benzene rings is 1. The van der Waals surface area contributed by atoms with Gasteiger partial charge in [-0.15, -0.1) is 0 Å². The molecule has 0 saturated heterocycles. The number of H-pyrrole nitrogens is 1. The maximum atomic E-state index is 12.5. The summed E-state index contributed by atoms with van der Waals surface area (Å²) in [5.41, 5.74) is 2.64. The number of nitrogens with zero attached hydrogens (tertiary/aromatic N) is 3. The highest BCUT2D eigenvalue weighted by Gasteiger charge is 2.15. The number of carbonyl (C=O) groups is 1. The van der Waals surface area contributed by atoms with E-state index in [-0.39, 0.29) is 5.91 Å². The Bertz CT molecular complexity index is 793. The smallest absolute Gasteiger partial charge is 0.276 e. The Morgan fingerprint density at radius 2 is 2.10 bits per heavy atom. The molecule has 6 nitrogen and oxygen atoms in total. The molecule has 0 fully saturated rings. The van der Waals surface area contributed by atoms with Gasteiger partial charge in [-0.25, -0.2) is 4.98 Å². The van der Waals surface area contributed by atoms with Crippen molar-refractivity contribution in [1.29, 1.82) is 0 Å². The summed E-state index contributed by atoms with van der Waals surface area (Å²) in [6, 6.07) is 9.30. The number of aromatic nitrogens is 3. The van der Waals surface area contributed by atoms with Crippen LogP contribution in [-0.2, 0) is 0 Å². The summed E-state index contributed by atoms with van der Waals surface area (Å²) in [5, 5.41) is 10.7. The SMILES string of the molecule is CN(C)c1cccnc1C(=O)Nc1cccc2cn[nH]c12. The molecule has 106 valence electrons. The van der Waals surface area contributed by atoms with E-state index in [2.05, 4.69) is 20.5 Å². The number of hydrogen-bond donors (Lipinski definition) is 2. The third-order valence-electron chi connectivity index (χ3n) is 3.21. The van der Waals surface area contributed by atoms with Crippen molar-refractivity contribution in [3.05, 3.63) is 48.4 Å². The van der Waals surface area contributed by atoms with Crippen LogP contribution in [0.15, 0.2) is 42.7 Å². The van der Waals surface area contributed by atoms with Crippen molar-refractivity contribution in [3.63, 3.8) is 0 Å². The van der Waals surface area contributed by atoms with E-state index >= 15 is 0 Å². The number of fused-ring (bicyclic) bond motifs is 1. The fourth-order valence-corrected chi connectivity index (χ4v) is 2.19. The molecule has 0 aliphatic heterocycles. The zero-order valence-electron chi connectivity index (χ0n) is 11.8. The molecule has 2 N–H and O–H groups in total. The molecule has 6 heteroatoms. The molecule has 0 unspecified atom stereocenters. The molecule has 0 aliphatic rings. The Hall–Kier alpha value is -2.89. The fourth-order valence-electron chi connectivity index (χ4n) is 2.19. The first-order valence-electron chi connectivity index (χ1n) is 6.52. The molecule has 1 aromatic carbocycles. The van der Waals surface area contributed by atoms with Crippen molar-refractivity contribution in [2.45, 2.75) is 0 Å². The van der Waals surface area contributed by atoms with Gasteiger partial charge in [0.25, 0.3) is 5.91 Å². The molecule has 0 atom stereocenters. The van der Waals surface area contributed by atoms with Gasteiger partial charge in [0, 0.05) is 25.7 Å². The van der Waals surface area contributed by atoms with E-state index in [1.165, 1.54) is 0 Å². The number of carbonyl (C=O) groups excluding carboxylic acids is 1. The van der Waals surface area contributed by atoms with E-state index in [4.69, 9.17) is 0 Å². The molecular weight excluding hydrogens is 266 g/mol. The Labute approximate surface area is 121 Å². The Morgan fingerprint density at radius 3 is 2.90 bits per heavy atom. The lowest BCUT2D eigenvalue weighted by molar-refractivity contribution is 0.102. The molecule has 2 heterocycles. The molecule has 3 aromatic rings. The first-order valence-corrected chi connectivity index (χ1v) is 6.52. The number of anilines is 2. The number of rotatable bonds is 3. The zero-order chi connectivity index (χ0) is 14.8. The van der Waals surface area contributed by atoms with E-state index < -0.39 is 0 Å². The van der Waals surface area contributed by atoms with Crippen LogP contribution in [0.4, 0.5) is 11.4 Å². The average Bonchev–Trinajstić information content (AvgIpc) is 2.96. The van der Waals surface area contributed by atoms with Gasteiger partial charge in [-0.1, -0.05) is 12.1 Å². The van der Waals surface area contributed by atoms with E-state index in [0.29, 0.717) is 11.4 Å². The number of hydrogen-bond acceptors (Lipinski definition) is 4. The van der Waals surface area contributed by atoms with Crippen LogP contribution in [0, 0.1) is 0 Å². The summed E-state index contributed by atoms with van der Waals surface area (Å²) >= 11 is 0. The first-order chi connectivity index (χ1) is 10.2. The molecule has 0 aliphatic carbocycles. The van der Waals surface area contributed by atoms with E-state index in [0.717, 1.165) is 16.6 Å². The molecule has 0 saturated carbocycles. The number of nitrogens with one attached hydrogen (secondary N) is 2. The van der Waals surface area contributed by atoms with Gasteiger partial charge in [0.1, 0.15) is 0 Å². The van der Waals surface area contributed by atoms with Gasteiger partial charge in [-0.2, -0.15) is 5.10 Å². The summed E-state index contributed by atoms with van der Waals surface area (Å²) in [6.07, 6.45) is 3.33. The van der Waals surface area contributed by atoms with Gasteiger partial charge in [0.15, 0.2) is 5.69 Å². The van der Waals surface area contributed by atoms with Crippen LogP contribution in [0.5, 0.6) is 0 Å². The minimum absolute atomic E-state index is 0.249. The summed E-state index contributed by atoms with van der Waals surface area (Å²) in [4.78, 5) is 18.5. The summed E-state index contributed by atoms with van der Waals surface area (Å²) in [7, 11) is 3.76. The van der Waals surface area contributed by atoms with Crippen LogP contribution in [0.1, 0.15) is 10.5 Å². The maximum absolute atomic E-state index is 12.5. The molecule has 0 spiro atoms. The van der Waals surface area contributed by atoms with Gasteiger partial charge >= 0.3 is 0 Å². The second-order valence-electron chi connectivity index (χ2n) is 4.86. The quantitative estimate of drug-likeness (QED) is 0.772. The van der Waals surface area contributed by atoms with Crippen LogP contribution >= 0.6 is 0 Å². The summed E-state index contributed by atoms with van der Waals surface area (Å²) < 4.78 is 0. The second kappa shape index (κ2) is 5.24. The second-order valence-corrected chi connectivity index (χ2v) is 4.86. The first kappa shape index (κ1) is 13.1. The predicted molar refractivity (Wildman–Crippen MR) is 82.6 cm³/mol. The van der Waals surface area contributed by atoms with Crippen molar-refractivity contribution >= 4 is 28.2 Å². The summed E-state index contributed by atoms with van der Waals surface area (Å²) in [6.45, 7) is 0. The lowest BCUT2D eigenvalue weighted by atomic mass is 10.2. The Balaban J connectivity index is 1.95. The third-order valence-corrected chi connectivity index (χ3v) is 3.21. The monoisotopic (exact) mass is 281 g/mol. The highest BCUT2D eigenvalue weighted by atomic mass is 16.1. The lowest BCUT2D eigenvalue weighted by Crippen LogP contribution is -2.20. The van der Waals surface area contributed by atoms with Gasteiger partial charge in [0.05, 0.1) is 23.1 Å². The number of aromatic amines is 1. The molecule has 1 amide bonds. The largest absolute Gasteiger partial charge is 0.376 e. The van der Waals surface area contributed by atoms with Gasteiger partial charge < -0.3 is 10.2 Å². The van der Waals surface area contributed by atoms with Crippen molar-refractivity contribution in [2.75, 3.05) is 24.3 Å². The third kappa shape index (κ3) is 2.43. The average molecular weight is 281 g/mol. The minimum atomic E-state index is -0.249. The van der Waals surface area contributed by atoms with Gasteiger partial charge in [-0.05, 0) is 18.2 Å². The van der Waals surface area contributed by atoms with E-state index in [9.17, 15) is 4.79 Å². The van der Waals surface area contributed by atoms with Crippen LogP contribution < -0.4 is 10.2 Å². The minimum Gasteiger partial charge on any atom is -0.376 e. The number of pyridine rings is 1. The highest BCUT2D eigenvalue weighted by molar-refractivity contribution is 6.09. The maximum Gasteiger partial charge on any atom is 0.276 e. The molecule has 21 heavy (non-hydrogen) atoms. The van der Waals surface area contributed by atoms with E-state index in [1.807, 2.05) is 49.3 Å². The van der Waals surface area contributed by atoms with Crippen LogP contribution in [0.3, 0.4) is 0 Å². The van der Waals surface area contributed by atoms with Crippen LogP contribution in [0.2, 0.25) is 0 Å². The molecular formula is C15H15N5O. The van der Waals surface area contributed by atoms with Crippen LogP contribution in [-0.4, -0.2) is 35.2 Å². The van der Waals surface area contributed by atoms with Crippen molar-refractivity contribution in [2.24, 2.45) is 0 Å². The normalized spacial score (nSPS) is 10.6. The molecule has 0 radical (unpaired) electrons. The van der Waals surface area contributed by atoms with Crippen molar-refractivity contribution < 1.29 is 4.79 Å². The van der Waals surface area contributed by atoms with Gasteiger partial charge in [0.2, 0.25) is 0 Å². The molecule has 0 bridgehead atoms.